The summed E-state index contributed by atoms with van der Waals surface area (Å²) in [6.07, 6.45) is 1.56. The molecule has 2 saturated heterocycles. The number of aliphatic hydroxyl groups excluding tert-OH is 1. The van der Waals surface area contributed by atoms with Crippen LogP contribution in [0.25, 0.3) is 31.9 Å². The van der Waals surface area contributed by atoms with Gasteiger partial charge in [0.05, 0.1) is 33.4 Å². The molecule has 2 N–H and O–H groups in total. The van der Waals surface area contributed by atoms with Crippen LogP contribution in [0.1, 0.15) is 60.1 Å². The number of thiophene rings is 1. The van der Waals surface area contributed by atoms with Gasteiger partial charge in [-0.2, -0.15) is 0 Å². The van der Waals surface area contributed by atoms with Crippen molar-refractivity contribution in [3.8, 4) is 27.4 Å². The number of para-hydroxylation sites is 1. The number of benzene rings is 2. The molecule has 17 heteroatoms. The third kappa shape index (κ3) is 7.43. The van der Waals surface area contributed by atoms with Gasteiger partial charge in [0.15, 0.2) is 17.6 Å². The number of aryl methyl sites for hydroxylation is 2. The Morgan fingerprint density at radius 1 is 0.984 bits per heavy atom. The number of aliphatic hydroxyl groups is 1. The summed E-state index contributed by atoms with van der Waals surface area (Å²) < 4.78 is 7.51. The zero-order chi connectivity index (χ0) is 42.8. The van der Waals surface area contributed by atoms with Crippen LogP contribution >= 0.6 is 22.7 Å². The second kappa shape index (κ2) is 16.3. The first-order valence-corrected chi connectivity index (χ1v) is 23.4. The molecule has 4 atom stereocenters. The van der Waals surface area contributed by atoms with Gasteiger partial charge >= 0.3 is 10.9 Å². The quantitative estimate of drug-likeness (QED) is 0.136. The minimum atomic E-state index is -0.821. The van der Waals surface area contributed by atoms with Crippen molar-refractivity contribution in [2.75, 3.05) is 37.6 Å². The van der Waals surface area contributed by atoms with E-state index in [9.17, 15) is 24.6 Å². The van der Waals surface area contributed by atoms with Gasteiger partial charge in [0.2, 0.25) is 23.0 Å². The number of carbonyl (C=O) groups excluding carboxylic acids is 3. The fraction of sp³-hybridized carbons (Fsp3) is 0.378. The van der Waals surface area contributed by atoms with Gasteiger partial charge in [-0.15, -0.1) is 32.9 Å². The predicted octanol–water partition coefficient (Wildman–Crippen LogP) is 5.64. The molecule has 3 amide bonds. The van der Waals surface area contributed by atoms with Crippen LogP contribution in [0, 0.1) is 18.8 Å². The number of β-amino-alcohol motifs (C(OH)–C–C–N with tert-alkyl or cyclic N) is 1. The van der Waals surface area contributed by atoms with Gasteiger partial charge in [-0.3, -0.25) is 9.59 Å². The van der Waals surface area contributed by atoms with Crippen LogP contribution in [0.4, 0.5) is 5.82 Å². The number of likely N-dealkylation sites (tertiary alicyclic amines) is 1. The average Bonchev–Trinajstić information content (AvgIpc) is 3.61. The number of hydrogen-bond acceptors (Lipinski definition) is 13. The molecule has 14 nitrogen and oxygen atoms in total. The van der Waals surface area contributed by atoms with Crippen LogP contribution in [-0.4, -0.2) is 112 Å². The molecule has 2 aromatic carbocycles. The lowest BCUT2D eigenvalue weighted by molar-refractivity contribution is -0.299. The van der Waals surface area contributed by atoms with Crippen LogP contribution in [0.3, 0.4) is 0 Å². The van der Waals surface area contributed by atoms with Crippen LogP contribution < -0.4 is 4.90 Å². The first-order valence-electron chi connectivity index (χ1n) is 21.0. The Hall–Kier alpha value is -5.62. The Kier molecular flexibility index (Phi) is 10.6. The number of carbonyl (C=O) groups is 3. The highest BCUT2D eigenvalue weighted by Gasteiger charge is 2.51. The smallest absolute Gasteiger partial charge is 0.429 e. The summed E-state index contributed by atoms with van der Waals surface area (Å²) in [5.41, 5.74) is 7.18. The largest absolute Gasteiger partial charge is 0.507 e. The second-order valence-corrected chi connectivity index (χ2v) is 19.7. The highest BCUT2D eigenvalue weighted by Crippen LogP contribution is 2.40. The SMILES string of the molecule is Cc1ncsc1-c1ccc(C2=S=[N+]2C(=O)[C@@H]2C[C@@H](O)CN2C(=O)[C@@H](c2cc(N3CCN(C(=O)[C@@H]4CCc5sc6nnc(-c7ccccc7O)cc6c5C4)CC3)no2)C(C)C)cc1. The lowest BCUT2D eigenvalue weighted by Crippen LogP contribution is -2.51. The van der Waals surface area contributed by atoms with Crippen molar-refractivity contribution in [1.29, 1.82) is 0 Å². The van der Waals surface area contributed by atoms with Gasteiger partial charge in [0.25, 0.3) is 0 Å². The van der Waals surface area contributed by atoms with E-state index < -0.39 is 18.1 Å². The van der Waals surface area contributed by atoms with Gasteiger partial charge in [-0.25, -0.2) is 9.78 Å². The van der Waals surface area contributed by atoms with E-state index in [2.05, 4.69) is 25.2 Å². The third-order valence-corrected chi connectivity index (χ3v) is 15.7. The molecule has 3 aliphatic heterocycles. The van der Waals surface area contributed by atoms with E-state index in [1.807, 2.05) is 79.7 Å². The molecule has 0 radical (unpaired) electrons. The molecule has 0 saturated carbocycles. The van der Waals surface area contributed by atoms with E-state index in [1.165, 1.54) is 20.9 Å². The number of aromatic nitrogens is 4. The number of nitrogens with zero attached hydrogens (tertiary/aromatic N) is 8. The van der Waals surface area contributed by atoms with Gasteiger partial charge in [0.1, 0.15) is 16.5 Å². The molecule has 7 heterocycles. The summed E-state index contributed by atoms with van der Waals surface area (Å²) in [5.74, 6) is -0.227. The number of aromatic hydroxyl groups is 1. The number of phenols is 1. The Balaban J connectivity index is 0.772. The first kappa shape index (κ1) is 40.5. The van der Waals surface area contributed by atoms with Crippen LogP contribution in [0.15, 0.2) is 70.7 Å². The highest BCUT2D eigenvalue weighted by molar-refractivity contribution is 7.72. The molecule has 4 aromatic heterocycles. The van der Waals surface area contributed by atoms with Crippen molar-refractivity contribution >= 4 is 72.6 Å². The number of amides is 3. The predicted molar refractivity (Wildman–Crippen MR) is 238 cm³/mol. The lowest BCUT2D eigenvalue weighted by atomic mass is 9.86. The molecular formula is C45H45N8O6S3+. The van der Waals surface area contributed by atoms with Crippen molar-refractivity contribution in [3.63, 3.8) is 0 Å². The number of rotatable bonds is 9. The monoisotopic (exact) mass is 889 g/mol. The fourth-order valence-electron chi connectivity index (χ4n) is 9.17. The summed E-state index contributed by atoms with van der Waals surface area (Å²) in [4.78, 5) is 56.2. The molecule has 10 rings (SSSR count). The summed E-state index contributed by atoms with van der Waals surface area (Å²) in [6, 6.07) is 18.1. The number of hydrogen-bond donors (Lipinski definition) is 2. The molecule has 0 unspecified atom stereocenters. The van der Waals surface area contributed by atoms with E-state index in [0.717, 1.165) is 55.3 Å². The fourth-order valence-corrected chi connectivity index (χ4v) is 11.9. The summed E-state index contributed by atoms with van der Waals surface area (Å²) >= 11 is 4.57. The number of fused-ring (bicyclic) bond motifs is 3. The van der Waals surface area contributed by atoms with Crippen molar-refractivity contribution < 1.29 is 33.1 Å². The van der Waals surface area contributed by atoms with E-state index in [-0.39, 0.29) is 48.3 Å². The second-order valence-electron chi connectivity index (χ2n) is 16.8. The maximum Gasteiger partial charge on any atom is 0.429 e. The maximum atomic E-state index is 14.4. The Morgan fingerprint density at radius 3 is 2.50 bits per heavy atom. The van der Waals surface area contributed by atoms with Gasteiger partial charge < -0.3 is 29.4 Å². The number of piperazine rings is 1. The third-order valence-electron chi connectivity index (χ3n) is 12.5. The van der Waals surface area contributed by atoms with E-state index >= 15 is 0 Å². The number of thiazole rings is 1. The Morgan fingerprint density at radius 2 is 1.76 bits per heavy atom. The molecular weight excluding hydrogens is 845 g/mol. The zero-order valence-corrected chi connectivity index (χ0v) is 36.9. The lowest BCUT2D eigenvalue weighted by Gasteiger charge is -2.37. The minimum Gasteiger partial charge on any atom is -0.507 e. The minimum absolute atomic E-state index is 0.0600. The van der Waals surface area contributed by atoms with E-state index in [4.69, 9.17) is 4.52 Å². The normalized spacial score (nSPS) is 20.5. The van der Waals surface area contributed by atoms with Crippen molar-refractivity contribution in [2.24, 2.45) is 11.8 Å². The van der Waals surface area contributed by atoms with Crippen molar-refractivity contribution in [3.05, 3.63) is 93.6 Å². The molecule has 2 fully saturated rings. The van der Waals surface area contributed by atoms with E-state index in [0.29, 0.717) is 55.4 Å². The van der Waals surface area contributed by atoms with Crippen LogP contribution in [-0.2, 0) is 38.4 Å². The van der Waals surface area contributed by atoms with Gasteiger partial charge in [-0.05, 0) is 77.5 Å². The van der Waals surface area contributed by atoms with Crippen molar-refractivity contribution in [2.45, 2.75) is 64.5 Å². The van der Waals surface area contributed by atoms with E-state index in [1.54, 1.807) is 38.8 Å². The number of phenolic OH excluding ortho intramolecular Hbond substituents is 1. The first-order chi connectivity index (χ1) is 30.0. The zero-order valence-electron chi connectivity index (χ0n) is 34.4. The Bertz CT molecular complexity index is 2820. The van der Waals surface area contributed by atoms with Gasteiger partial charge in [0, 0.05) is 67.0 Å². The highest BCUT2D eigenvalue weighted by atomic mass is 32.1. The molecule has 0 bridgehead atoms. The topological polar surface area (TPSA) is 169 Å². The molecule has 318 valence electrons. The van der Waals surface area contributed by atoms with Crippen LogP contribution in [0.2, 0.25) is 0 Å². The summed E-state index contributed by atoms with van der Waals surface area (Å²) in [6.45, 7) is 8.11. The molecule has 4 aliphatic rings. The molecule has 6 aromatic rings. The molecule has 62 heavy (non-hydrogen) atoms. The van der Waals surface area contributed by atoms with Crippen LogP contribution in [0.5, 0.6) is 5.75 Å². The number of anilines is 1. The maximum absolute atomic E-state index is 14.4. The average molecular weight is 890 g/mol. The molecule has 0 spiro atoms. The standard InChI is InChI=1S/C45H44N8O6S3/c1-24(2)39(44(58)52-22-29(54)19-34(52)43(57)53-45(62-53)27-10-8-26(9-11-27)40-25(3)46-23-60-40)36-21-38(49-59-36)50-14-16-51(17-15-50)42(56)28-12-13-37-31(18-28)32-20-33(47-48-41(32)61-37)30-6-4-5-7-35(30)55/h4-11,20-21,23-24,28-29,34,39,54H,12-19,22H2,1-3H3/p+1/t28-,29-,34+,39-/m1/s1. The van der Waals surface area contributed by atoms with Gasteiger partial charge in [-0.1, -0.05) is 43.3 Å². The Labute approximate surface area is 369 Å². The summed E-state index contributed by atoms with van der Waals surface area (Å²) in [7, 11) is 0. The summed E-state index contributed by atoms with van der Waals surface area (Å²) in [5, 5.41) is 35.5. The van der Waals surface area contributed by atoms with Crippen molar-refractivity contribution in [1.82, 2.24) is 30.1 Å². The molecule has 1 aliphatic carbocycles.